The highest BCUT2D eigenvalue weighted by Gasteiger charge is 2.08. The molecular formula is C12H11ClN2. The van der Waals surface area contributed by atoms with Crippen molar-refractivity contribution in [3.8, 4) is 11.3 Å². The van der Waals surface area contributed by atoms with Crippen LogP contribution in [0.2, 0.25) is 5.02 Å². The summed E-state index contributed by atoms with van der Waals surface area (Å²) < 4.78 is 0. The van der Waals surface area contributed by atoms with E-state index in [0.29, 0.717) is 0 Å². The number of nitrogens with zero attached hydrogens (tertiary/aromatic N) is 1. The van der Waals surface area contributed by atoms with Gasteiger partial charge in [0.25, 0.3) is 0 Å². The maximum Gasteiger partial charge on any atom is 0.0877 e. The van der Waals surface area contributed by atoms with Gasteiger partial charge in [0.05, 0.1) is 11.4 Å². The number of aryl methyl sites for hydroxylation is 1. The van der Waals surface area contributed by atoms with Crippen molar-refractivity contribution in [1.82, 2.24) is 4.98 Å². The monoisotopic (exact) mass is 218 g/mol. The quantitative estimate of drug-likeness (QED) is 0.739. The number of hydrogen-bond donors (Lipinski definition) is 1. The van der Waals surface area contributed by atoms with E-state index in [9.17, 15) is 0 Å². The summed E-state index contributed by atoms with van der Waals surface area (Å²) in [5.74, 6) is 0. The number of halogens is 1. The zero-order chi connectivity index (χ0) is 10.8. The van der Waals surface area contributed by atoms with Crippen molar-refractivity contribution in [2.45, 2.75) is 6.92 Å². The molecule has 1 aromatic heterocycles. The molecule has 0 amide bonds. The molecule has 2 rings (SSSR count). The third-order valence-corrected chi connectivity index (χ3v) is 2.60. The number of aromatic amines is 1. The molecule has 0 unspecified atom stereocenters. The lowest BCUT2D eigenvalue weighted by Gasteiger charge is -2.05. The molecule has 15 heavy (non-hydrogen) atoms. The van der Waals surface area contributed by atoms with Crippen LogP contribution in [0, 0.1) is 6.92 Å². The molecule has 76 valence electrons. The Hall–Kier alpha value is -1.54. The topological polar surface area (TPSA) is 28.1 Å². The summed E-state index contributed by atoms with van der Waals surface area (Å²) in [6.07, 6.45) is 1.85. The molecular weight excluding hydrogens is 208 g/mol. The Labute approximate surface area is 93.6 Å². The lowest BCUT2D eigenvalue weighted by molar-refractivity contribution is 1.36. The van der Waals surface area contributed by atoms with Gasteiger partial charge in [-0.3, -0.25) is 4.99 Å². The van der Waals surface area contributed by atoms with E-state index in [4.69, 9.17) is 11.6 Å². The van der Waals surface area contributed by atoms with Crippen LogP contribution >= 0.6 is 11.6 Å². The number of rotatable bonds is 2. The van der Waals surface area contributed by atoms with Gasteiger partial charge in [-0.1, -0.05) is 17.7 Å². The van der Waals surface area contributed by atoms with E-state index in [0.717, 1.165) is 27.5 Å². The molecule has 0 aliphatic heterocycles. The molecule has 2 nitrogen and oxygen atoms in total. The largest absolute Gasteiger partial charge is 0.359 e. The Morgan fingerprint density at radius 3 is 2.87 bits per heavy atom. The van der Waals surface area contributed by atoms with Crippen LogP contribution in [0.1, 0.15) is 5.56 Å². The molecule has 1 aromatic carbocycles. The van der Waals surface area contributed by atoms with Crippen LogP contribution in [0.15, 0.2) is 35.5 Å². The Morgan fingerprint density at radius 2 is 2.13 bits per heavy atom. The Balaban J connectivity index is 2.62. The van der Waals surface area contributed by atoms with E-state index < -0.39 is 0 Å². The zero-order valence-electron chi connectivity index (χ0n) is 8.42. The molecule has 0 spiro atoms. The van der Waals surface area contributed by atoms with Crippen LogP contribution in [-0.2, 0) is 0 Å². The van der Waals surface area contributed by atoms with Crippen molar-refractivity contribution in [3.63, 3.8) is 0 Å². The molecule has 0 aliphatic rings. The van der Waals surface area contributed by atoms with Gasteiger partial charge in [-0.15, -0.1) is 0 Å². The highest BCUT2D eigenvalue weighted by Crippen LogP contribution is 2.32. The number of aromatic nitrogens is 1. The standard InChI is InChI=1S/C12H11ClN2/c1-8-3-4-9(13)7-10(8)12-11(14-2)5-6-15-12/h3-7,15H,2H2,1H3. The minimum atomic E-state index is 0.722. The van der Waals surface area contributed by atoms with Crippen LogP contribution in [0.5, 0.6) is 0 Å². The summed E-state index contributed by atoms with van der Waals surface area (Å²) >= 11 is 5.97. The summed E-state index contributed by atoms with van der Waals surface area (Å²) in [5, 5.41) is 0.722. The van der Waals surface area contributed by atoms with Crippen LogP contribution in [-0.4, -0.2) is 11.7 Å². The Bertz CT molecular complexity index is 500. The molecule has 3 heteroatoms. The SMILES string of the molecule is C=Nc1cc[nH]c1-c1cc(Cl)ccc1C. The van der Waals surface area contributed by atoms with Crippen LogP contribution in [0.3, 0.4) is 0 Å². The fourth-order valence-corrected chi connectivity index (χ4v) is 1.74. The summed E-state index contributed by atoms with van der Waals surface area (Å²) in [6.45, 7) is 5.58. The molecule has 0 fully saturated rings. The first-order valence-electron chi connectivity index (χ1n) is 4.63. The molecule has 0 aliphatic carbocycles. The highest BCUT2D eigenvalue weighted by atomic mass is 35.5. The fraction of sp³-hybridized carbons (Fsp3) is 0.0833. The summed E-state index contributed by atoms with van der Waals surface area (Å²) in [5.41, 5.74) is 4.03. The molecule has 0 radical (unpaired) electrons. The first-order valence-corrected chi connectivity index (χ1v) is 5.01. The normalized spacial score (nSPS) is 10.3. The number of H-pyrrole nitrogens is 1. The first kappa shape index (κ1) is 9.99. The second kappa shape index (κ2) is 3.91. The minimum absolute atomic E-state index is 0.722. The molecule has 0 bridgehead atoms. The average Bonchev–Trinajstić information content (AvgIpc) is 2.69. The predicted molar refractivity (Wildman–Crippen MR) is 65.2 cm³/mol. The van der Waals surface area contributed by atoms with E-state index in [-0.39, 0.29) is 0 Å². The number of hydrogen-bond acceptors (Lipinski definition) is 1. The van der Waals surface area contributed by atoms with Gasteiger partial charge in [-0.05, 0) is 37.4 Å². The second-order valence-electron chi connectivity index (χ2n) is 3.36. The van der Waals surface area contributed by atoms with Crippen molar-refractivity contribution in [2.24, 2.45) is 4.99 Å². The lowest BCUT2D eigenvalue weighted by atomic mass is 10.1. The van der Waals surface area contributed by atoms with Gasteiger partial charge in [-0.25, -0.2) is 0 Å². The van der Waals surface area contributed by atoms with E-state index in [1.54, 1.807) is 0 Å². The van der Waals surface area contributed by atoms with Crippen LogP contribution in [0.25, 0.3) is 11.3 Å². The second-order valence-corrected chi connectivity index (χ2v) is 3.79. The van der Waals surface area contributed by atoms with Gasteiger partial charge in [-0.2, -0.15) is 0 Å². The third-order valence-electron chi connectivity index (χ3n) is 2.36. The Morgan fingerprint density at radius 1 is 1.33 bits per heavy atom. The number of aliphatic imine (C=N–C) groups is 1. The molecule has 1 heterocycles. The molecule has 0 atom stereocenters. The van der Waals surface area contributed by atoms with Crippen LogP contribution < -0.4 is 0 Å². The maximum atomic E-state index is 5.97. The van der Waals surface area contributed by atoms with Gasteiger partial charge < -0.3 is 4.98 Å². The van der Waals surface area contributed by atoms with Gasteiger partial charge in [0.15, 0.2) is 0 Å². The summed E-state index contributed by atoms with van der Waals surface area (Å²) in [4.78, 5) is 7.10. The number of benzene rings is 1. The first-order chi connectivity index (χ1) is 7.22. The minimum Gasteiger partial charge on any atom is -0.359 e. The van der Waals surface area contributed by atoms with E-state index in [1.807, 2.05) is 37.4 Å². The average molecular weight is 219 g/mol. The van der Waals surface area contributed by atoms with Crippen molar-refractivity contribution in [3.05, 3.63) is 41.0 Å². The van der Waals surface area contributed by atoms with Crippen LogP contribution in [0.4, 0.5) is 5.69 Å². The molecule has 0 saturated heterocycles. The number of nitrogens with one attached hydrogen (secondary N) is 1. The zero-order valence-corrected chi connectivity index (χ0v) is 9.17. The Kier molecular flexibility index (Phi) is 2.60. The van der Waals surface area contributed by atoms with E-state index in [1.165, 1.54) is 0 Å². The van der Waals surface area contributed by atoms with Gasteiger partial charge in [0.1, 0.15) is 0 Å². The van der Waals surface area contributed by atoms with E-state index in [2.05, 4.69) is 16.7 Å². The van der Waals surface area contributed by atoms with Crippen molar-refractivity contribution in [1.29, 1.82) is 0 Å². The molecule has 1 N–H and O–H groups in total. The fourth-order valence-electron chi connectivity index (χ4n) is 1.57. The third kappa shape index (κ3) is 1.81. The maximum absolute atomic E-state index is 5.97. The highest BCUT2D eigenvalue weighted by molar-refractivity contribution is 6.30. The summed E-state index contributed by atoms with van der Waals surface area (Å²) in [7, 11) is 0. The predicted octanol–water partition coefficient (Wildman–Crippen LogP) is 3.98. The van der Waals surface area contributed by atoms with E-state index >= 15 is 0 Å². The van der Waals surface area contributed by atoms with Gasteiger partial charge in [0, 0.05) is 16.8 Å². The van der Waals surface area contributed by atoms with Gasteiger partial charge >= 0.3 is 0 Å². The molecule has 0 saturated carbocycles. The van der Waals surface area contributed by atoms with Crippen molar-refractivity contribution in [2.75, 3.05) is 0 Å². The smallest absolute Gasteiger partial charge is 0.0877 e. The lowest BCUT2D eigenvalue weighted by Crippen LogP contribution is -1.83. The summed E-state index contributed by atoms with van der Waals surface area (Å²) in [6, 6.07) is 7.69. The van der Waals surface area contributed by atoms with Crippen molar-refractivity contribution >= 4 is 24.0 Å². The van der Waals surface area contributed by atoms with Gasteiger partial charge in [0.2, 0.25) is 0 Å². The molecule has 2 aromatic rings. The van der Waals surface area contributed by atoms with Crippen molar-refractivity contribution < 1.29 is 0 Å².